The van der Waals surface area contributed by atoms with Crippen LogP contribution in [0.2, 0.25) is 0 Å². The number of nitrogens with zero attached hydrogens (tertiary/aromatic N) is 3. The molecular formula is C13H11BrN4OS2. The number of thiazole rings is 1. The molecule has 0 aliphatic rings. The zero-order valence-corrected chi connectivity index (χ0v) is 14.5. The molecular weight excluding hydrogens is 372 g/mol. The van der Waals surface area contributed by atoms with Crippen LogP contribution in [0.3, 0.4) is 0 Å². The largest absolute Gasteiger partial charge is 0.296 e. The third-order valence-electron chi connectivity index (χ3n) is 2.90. The summed E-state index contributed by atoms with van der Waals surface area (Å²) in [5, 5.41) is 9.43. The summed E-state index contributed by atoms with van der Waals surface area (Å²) < 4.78 is 2.73. The Kier molecular flexibility index (Phi) is 3.92. The van der Waals surface area contributed by atoms with E-state index in [-0.39, 0.29) is 5.91 Å². The molecule has 1 N–H and O–H groups in total. The van der Waals surface area contributed by atoms with E-state index in [4.69, 9.17) is 0 Å². The molecule has 1 amide bonds. The van der Waals surface area contributed by atoms with Gasteiger partial charge >= 0.3 is 0 Å². The quantitative estimate of drug-likeness (QED) is 0.746. The fraction of sp³-hybridized carbons (Fsp3) is 0.154. The lowest BCUT2D eigenvalue weighted by atomic mass is 10.3. The molecule has 8 heteroatoms. The zero-order chi connectivity index (χ0) is 15.0. The number of aromatic nitrogens is 3. The predicted octanol–water partition coefficient (Wildman–Crippen LogP) is 3.93. The van der Waals surface area contributed by atoms with Crippen LogP contribution in [0.15, 0.2) is 27.4 Å². The van der Waals surface area contributed by atoms with Crippen molar-refractivity contribution >= 4 is 49.6 Å². The van der Waals surface area contributed by atoms with Gasteiger partial charge in [0.15, 0.2) is 10.8 Å². The van der Waals surface area contributed by atoms with E-state index in [9.17, 15) is 4.79 Å². The molecule has 0 saturated carbocycles. The minimum absolute atomic E-state index is 0.244. The van der Waals surface area contributed by atoms with Crippen molar-refractivity contribution in [3.8, 4) is 10.6 Å². The van der Waals surface area contributed by atoms with E-state index in [0.29, 0.717) is 10.8 Å². The van der Waals surface area contributed by atoms with E-state index in [1.165, 1.54) is 11.3 Å². The van der Waals surface area contributed by atoms with Crippen molar-refractivity contribution in [1.29, 1.82) is 0 Å². The van der Waals surface area contributed by atoms with Crippen LogP contribution < -0.4 is 5.32 Å². The minimum Gasteiger partial charge on any atom is -0.296 e. The van der Waals surface area contributed by atoms with Crippen LogP contribution in [0.1, 0.15) is 16.2 Å². The van der Waals surface area contributed by atoms with Crippen LogP contribution >= 0.6 is 38.6 Å². The van der Waals surface area contributed by atoms with Crippen LogP contribution in [0.5, 0.6) is 0 Å². The van der Waals surface area contributed by atoms with Gasteiger partial charge in [0.1, 0.15) is 0 Å². The van der Waals surface area contributed by atoms with Crippen molar-refractivity contribution in [2.24, 2.45) is 7.05 Å². The maximum Gasteiger partial charge on any atom is 0.277 e. The van der Waals surface area contributed by atoms with Gasteiger partial charge < -0.3 is 0 Å². The van der Waals surface area contributed by atoms with Gasteiger partial charge in [0, 0.05) is 18.1 Å². The van der Waals surface area contributed by atoms with Crippen molar-refractivity contribution in [2.75, 3.05) is 5.32 Å². The van der Waals surface area contributed by atoms with Gasteiger partial charge in [-0.1, -0.05) is 0 Å². The summed E-state index contributed by atoms with van der Waals surface area (Å²) in [6.07, 6.45) is 0. The highest BCUT2D eigenvalue weighted by molar-refractivity contribution is 9.11. The van der Waals surface area contributed by atoms with E-state index in [1.807, 2.05) is 31.5 Å². The van der Waals surface area contributed by atoms with Gasteiger partial charge in [0.25, 0.3) is 5.91 Å². The molecule has 108 valence electrons. The average molecular weight is 383 g/mol. The SMILES string of the molecule is Cc1cc(C(=O)Nc2nc(-c3ccc(Br)s3)cs2)nn1C. The third kappa shape index (κ3) is 3.07. The summed E-state index contributed by atoms with van der Waals surface area (Å²) >= 11 is 6.44. The van der Waals surface area contributed by atoms with Gasteiger partial charge in [-0.05, 0) is 41.1 Å². The Morgan fingerprint density at radius 1 is 1.43 bits per heavy atom. The highest BCUT2D eigenvalue weighted by atomic mass is 79.9. The lowest BCUT2D eigenvalue weighted by Gasteiger charge is -1.97. The molecule has 0 aromatic carbocycles. The second-order valence-corrected chi connectivity index (χ2v) is 7.71. The number of carbonyl (C=O) groups is 1. The Morgan fingerprint density at radius 2 is 2.24 bits per heavy atom. The number of carbonyl (C=O) groups excluding carboxylic acids is 1. The molecule has 0 radical (unpaired) electrons. The monoisotopic (exact) mass is 382 g/mol. The molecule has 0 fully saturated rings. The van der Waals surface area contributed by atoms with Crippen LogP contribution in [-0.2, 0) is 7.05 Å². The third-order valence-corrected chi connectivity index (χ3v) is 5.30. The second kappa shape index (κ2) is 5.70. The molecule has 21 heavy (non-hydrogen) atoms. The maximum absolute atomic E-state index is 12.1. The first kappa shape index (κ1) is 14.4. The number of hydrogen-bond acceptors (Lipinski definition) is 5. The first-order valence-electron chi connectivity index (χ1n) is 6.06. The lowest BCUT2D eigenvalue weighted by molar-refractivity contribution is 0.102. The Morgan fingerprint density at radius 3 is 2.86 bits per heavy atom. The van der Waals surface area contributed by atoms with E-state index in [0.717, 1.165) is 20.1 Å². The number of nitrogens with one attached hydrogen (secondary N) is 1. The molecule has 3 aromatic heterocycles. The first-order chi connectivity index (χ1) is 10.0. The molecule has 0 bridgehead atoms. The van der Waals surface area contributed by atoms with Gasteiger partial charge in [-0.25, -0.2) is 4.98 Å². The van der Waals surface area contributed by atoms with Crippen LogP contribution in [0, 0.1) is 6.92 Å². The second-order valence-electron chi connectivity index (χ2n) is 4.39. The summed E-state index contributed by atoms with van der Waals surface area (Å²) in [6, 6.07) is 5.73. The van der Waals surface area contributed by atoms with Gasteiger partial charge in [0.2, 0.25) is 0 Å². The van der Waals surface area contributed by atoms with Crippen molar-refractivity contribution in [2.45, 2.75) is 6.92 Å². The lowest BCUT2D eigenvalue weighted by Crippen LogP contribution is -2.12. The topological polar surface area (TPSA) is 59.8 Å². The van der Waals surface area contributed by atoms with E-state index >= 15 is 0 Å². The molecule has 3 aromatic rings. The summed E-state index contributed by atoms with van der Waals surface area (Å²) in [7, 11) is 1.81. The number of rotatable bonds is 3. The Hall–Kier alpha value is -1.51. The molecule has 5 nitrogen and oxygen atoms in total. The van der Waals surface area contributed by atoms with Crippen molar-refractivity contribution in [3.63, 3.8) is 0 Å². The number of hydrogen-bond donors (Lipinski definition) is 1. The van der Waals surface area contributed by atoms with Crippen molar-refractivity contribution < 1.29 is 4.79 Å². The van der Waals surface area contributed by atoms with E-state index < -0.39 is 0 Å². The highest BCUT2D eigenvalue weighted by Crippen LogP contribution is 2.33. The molecule has 3 rings (SSSR count). The summed E-state index contributed by atoms with van der Waals surface area (Å²) in [4.78, 5) is 17.6. The molecule has 0 spiro atoms. The fourth-order valence-corrected chi connectivity index (χ4v) is 3.86. The van der Waals surface area contributed by atoms with Gasteiger partial charge in [-0.3, -0.25) is 14.8 Å². The maximum atomic E-state index is 12.1. The highest BCUT2D eigenvalue weighted by Gasteiger charge is 2.14. The van der Waals surface area contributed by atoms with Crippen molar-refractivity contribution in [3.05, 3.63) is 38.8 Å². The van der Waals surface area contributed by atoms with Crippen LogP contribution in [0.25, 0.3) is 10.6 Å². The van der Waals surface area contributed by atoms with Gasteiger partial charge in [0.05, 0.1) is 14.4 Å². The number of amides is 1. The number of anilines is 1. The fourth-order valence-electron chi connectivity index (χ4n) is 1.73. The van der Waals surface area contributed by atoms with Crippen molar-refractivity contribution in [1.82, 2.24) is 14.8 Å². The summed E-state index contributed by atoms with van der Waals surface area (Å²) in [6.45, 7) is 1.90. The van der Waals surface area contributed by atoms with E-state index in [2.05, 4.69) is 31.3 Å². The first-order valence-corrected chi connectivity index (χ1v) is 8.55. The van der Waals surface area contributed by atoms with Gasteiger partial charge in [-0.2, -0.15) is 5.10 Å². The molecule has 0 saturated heterocycles. The Balaban J connectivity index is 1.76. The van der Waals surface area contributed by atoms with Gasteiger partial charge in [-0.15, -0.1) is 22.7 Å². The molecule has 0 aliphatic heterocycles. The normalized spacial score (nSPS) is 10.8. The minimum atomic E-state index is -0.244. The number of thiophene rings is 1. The predicted molar refractivity (Wildman–Crippen MR) is 89.0 cm³/mol. The molecule has 3 heterocycles. The Labute approximate surface area is 137 Å². The molecule has 0 atom stereocenters. The summed E-state index contributed by atoms with van der Waals surface area (Å²) in [5.74, 6) is -0.244. The van der Waals surface area contributed by atoms with Crippen LogP contribution in [0.4, 0.5) is 5.13 Å². The average Bonchev–Trinajstić information content (AvgIpc) is 3.12. The van der Waals surface area contributed by atoms with Crippen LogP contribution in [-0.4, -0.2) is 20.7 Å². The Bertz CT molecular complexity index is 785. The van der Waals surface area contributed by atoms with E-state index in [1.54, 1.807) is 22.1 Å². The number of halogens is 1. The smallest absolute Gasteiger partial charge is 0.277 e. The standard InChI is InChI=1S/C13H11BrN4OS2/c1-7-5-8(17-18(7)2)12(19)16-13-15-9(6-20-13)10-3-4-11(14)21-10/h3-6H,1-2H3,(H,15,16,19). The molecule has 0 aliphatic carbocycles. The molecule has 0 unspecified atom stereocenters. The summed E-state index contributed by atoms with van der Waals surface area (Å²) in [5.41, 5.74) is 2.19. The number of aryl methyl sites for hydroxylation is 2. The zero-order valence-electron chi connectivity index (χ0n) is 11.3.